The molecular weight excluding hydrogens is 297 g/mol. The van der Waals surface area contributed by atoms with Crippen molar-refractivity contribution in [3.05, 3.63) is 0 Å². The normalized spacial score (nSPS) is 15.3. The molecule has 7 heteroatoms. The molecule has 0 radical (unpaired) electrons. The average Bonchev–Trinajstić information content (AvgIpc) is 2.30. The van der Waals surface area contributed by atoms with Crippen LogP contribution in [0.3, 0.4) is 0 Å². The molecule has 4 nitrogen and oxygen atoms in total. The Morgan fingerprint density at radius 3 is 2.27 bits per heavy atom. The van der Waals surface area contributed by atoms with Crippen LogP contribution in [0.15, 0.2) is 0 Å². The zero-order valence-corrected chi connectivity index (χ0v) is 14.1. The molecule has 0 spiro atoms. The highest BCUT2D eigenvalue weighted by atomic mass is 19.4. The summed E-state index contributed by atoms with van der Waals surface area (Å²) < 4.78 is 41.4. The van der Waals surface area contributed by atoms with Crippen LogP contribution in [0.2, 0.25) is 0 Å². The van der Waals surface area contributed by atoms with Gasteiger partial charge in [-0.15, -0.1) is 0 Å². The Hall–Kier alpha value is -0.980. The van der Waals surface area contributed by atoms with Crippen LogP contribution >= 0.6 is 0 Å². The third kappa shape index (κ3) is 12.7. The maximum atomic E-state index is 12.1. The summed E-state index contributed by atoms with van der Waals surface area (Å²) >= 11 is 0. The van der Waals surface area contributed by atoms with E-state index in [2.05, 4.69) is 10.6 Å². The summed E-state index contributed by atoms with van der Waals surface area (Å²) in [5.41, 5.74) is -0.551. The quantitative estimate of drug-likeness (QED) is 0.709. The monoisotopic (exact) mass is 326 g/mol. The largest absolute Gasteiger partial charge is 0.444 e. The van der Waals surface area contributed by atoms with Crippen LogP contribution in [0.1, 0.15) is 60.3 Å². The number of alkyl halides is 3. The molecule has 0 aromatic heterocycles. The van der Waals surface area contributed by atoms with Gasteiger partial charge in [-0.1, -0.05) is 6.92 Å². The van der Waals surface area contributed by atoms with Gasteiger partial charge in [0.25, 0.3) is 0 Å². The van der Waals surface area contributed by atoms with Crippen LogP contribution in [0.5, 0.6) is 0 Å². The number of alkyl carbamates (subject to hydrolysis) is 1. The SMILES string of the molecule is CCC(CNC(=O)OC(C)(C)C)NC(C)CCCC(F)(F)F. The first kappa shape index (κ1) is 21.0. The number of hydrogen-bond donors (Lipinski definition) is 2. The number of amides is 1. The first-order valence-electron chi connectivity index (χ1n) is 7.72. The van der Waals surface area contributed by atoms with Crippen molar-refractivity contribution in [1.82, 2.24) is 10.6 Å². The number of hydrogen-bond acceptors (Lipinski definition) is 3. The summed E-state index contributed by atoms with van der Waals surface area (Å²) in [6.45, 7) is 9.54. The van der Waals surface area contributed by atoms with Gasteiger partial charge in [-0.3, -0.25) is 0 Å². The van der Waals surface area contributed by atoms with Crippen molar-refractivity contribution >= 4 is 6.09 Å². The van der Waals surface area contributed by atoms with Gasteiger partial charge < -0.3 is 15.4 Å². The molecule has 0 aliphatic heterocycles. The number of rotatable bonds is 8. The fourth-order valence-electron chi connectivity index (χ4n) is 1.94. The third-order valence-corrected chi connectivity index (χ3v) is 3.00. The number of halogens is 3. The van der Waals surface area contributed by atoms with Crippen molar-refractivity contribution in [3.8, 4) is 0 Å². The minimum atomic E-state index is -4.10. The summed E-state index contributed by atoms with van der Waals surface area (Å²) in [6, 6.07) is -0.0267. The number of nitrogens with one attached hydrogen (secondary N) is 2. The molecular formula is C15H29F3N2O2. The van der Waals surface area contributed by atoms with E-state index < -0.39 is 24.3 Å². The molecule has 0 rings (SSSR count). The predicted octanol–water partition coefficient (Wildman–Crippen LogP) is 4.00. The molecule has 2 N–H and O–H groups in total. The molecule has 2 unspecified atom stereocenters. The second-order valence-electron chi connectivity index (χ2n) is 6.56. The van der Waals surface area contributed by atoms with Crippen LogP contribution in [0, 0.1) is 0 Å². The van der Waals surface area contributed by atoms with E-state index in [1.54, 1.807) is 20.8 Å². The lowest BCUT2D eigenvalue weighted by Crippen LogP contribution is -2.45. The summed E-state index contributed by atoms with van der Waals surface area (Å²) in [6.07, 6.45) is -4.03. The zero-order valence-electron chi connectivity index (χ0n) is 14.1. The molecule has 0 saturated heterocycles. The Labute approximate surface area is 131 Å². The molecule has 0 fully saturated rings. The lowest BCUT2D eigenvalue weighted by Gasteiger charge is -2.24. The highest BCUT2D eigenvalue weighted by Gasteiger charge is 2.26. The summed E-state index contributed by atoms with van der Waals surface area (Å²) in [5, 5.41) is 5.91. The highest BCUT2D eigenvalue weighted by Crippen LogP contribution is 2.22. The maximum Gasteiger partial charge on any atom is 0.407 e. The topological polar surface area (TPSA) is 50.4 Å². The van der Waals surface area contributed by atoms with Crippen molar-refractivity contribution in [2.24, 2.45) is 0 Å². The Kier molecular flexibility index (Phi) is 8.81. The van der Waals surface area contributed by atoms with E-state index in [0.717, 1.165) is 6.42 Å². The fraction of sp³-hybridized carbons (Fsp3) is 0.933. The van der Waals surface area contributed by atoms with E-state index in [1.807, 2.05) is 13.8 Å². The Morgan fingerprint density at radius 1 is 1.23 bits per heavy atom. The lowest BCUT2D eigenvalue weighted by atomic mass is 10.1. The molecule has 0 heterocycles. The minimum absolute atomic E-state index is 0.00778. The van der Waals surface area contributed by atoms with Gasteiger partial charge in [0.1, 0.15) is 5.60 Å². The molecule has 132 valence electrons. The second kappa shape index (κ2) is 9.22. The third-order valence-electron chi connectivity index (χ3n) is 3.00. The highest BCUT2D eigenvalue weighted by molar-refractivity contribution is 5.67. The van der Waals surface area contributed by atoms with Crippen molar-refractivity contribution < 1.29 is 22.7 Å². The molecule has 2 atom stereocenters. The minimum Gasteiger partial charge on any atom is -0.444 e. The van der Waals surface area contributed by atoms with E-state index in [4.69, 9.17) is 4.74 Å². The van der Waals surface area contributed by atoms with Crippen LogP contribution in [-0.4, -0.2) is 36.5 Å². The van der Waals surface area contributed by atoms with E-state index in [-0.39, 0.29) is 18.5 Å². The number of carbonyl (C=O) groups is 1. The van der Waals surface area contributed by atoms with Crippen LogP contribution in [0.4, 0.5) is 18.0 Å². The number of ether oxygens (including phenoxy) is 1. The summed E-state index contributed by atoms with van der Waals surface area (Å²) in [7, 11) is 0. The molecule has 0 aliphatic rings. The van der Waals surface area contributed by atoms with E-state index >= 15 is 0 Å². The second-order valence-corrected chi connectivity index (χ2v) is 6.56. The maximum absolute atomic E-state index is 12.1. The summed E-state index contributed by atoms with van der Waals surface area (Å²) in [4.78, 5) is 11.6. The Morgan fingerprint density at radius 2 is 1.82 bits per heavy atom. The lowest BCUT2D eigenvalue weighted by molar-refractivity contribution is -0.135. The molecule has 0 aliphatic carbocycles. The van der Waals surface area contributed by atoms with Crippen LogP contribution in [0.25, 0.3) is 0 Å². The average molecular weight is 326 g/mol. The first-order valence-corrected chi connectivity index (χ1v) is 7.72. The Bertz CT molecular complexity index is 328. The van der Waals surface area contributed by atoms with Crippen molar-refractivity contribution in [2.45, 2.75) is 84.2 Å². The van der Waals surface area contributed by atoms with Crippen molar-refractivity contribution in [1.29, 1.82) is 0 Å². The van der Waals surface area contributed by atoms with Crippen LogP contribution < -0.4 is 10.6 Å². The van der Waals surface area contributed by atoms with Crippen molar-refractivity contribution in [2.75, 3.05) is 6.54 Å². The van der Waals surface area contributed by atoms with Crippen LogP contribution in [-0.2, 0) is 4.74 Å². The standard InChI is InChI=1S/C15H29F3N2O2/c1-6-12(10-19-13(21)22-14(3,4)5)20-11(2)8-7-9-15(16,17)18/h11-12,20H,6-10H2,1-5H3,(H,19,21). The molecule has 0 aromatic rings. The van der Waals surface area contributed by atoms with Gasteiger partial charge in [0.15, 0.2) is 0 Å². The predicted molar refractivity (Wildman–Crippen MR) is 80.8 cm³/mol. The molecule has 22 heavy (non-hydrogen) atoms. The molecule has 1 amide bonds. The van der Waals surface area contributed by atoms with E-state index in [0.29, 0.717) is 13.0 Å². The Balaban J connectivity index is 4.02. The van der Waals surface area contributed by atoms with Gasteiger partial charge in [-0.25, -0.2) is 4.79 Å². The van der Waals surface area contributed by atoms with Gasteiger partial charge in [-0.05, 0) is 47.0 Å². The van der Waals surface area contributed by atoms with Gasteiger partial charge in [0.05, 0.1) is 0 Å². The fourth-order valence-corrected chi connectivity index (χ4v) is 1.94. The van der Waals surface area contributed by atoms with Gasteiger partial charge >= 0.3 is 12.3 Å². The molecule has 0 saturated carbocycles. The van der Waals surface area contributed by atoms with E-state index in [1.165, 1.54) is 0 Å². The van der Waals surface area contributed by atoms with E-state index in [9.17, 15) is 18.0 Å². The summed E-state index contributed by atoms with van der Waals surface area (Å²) in [5.74, 6) is 0. The molecule has 0 aromatic carbocycles. The van der Waals surface area contributed by atoms with Gasteiger partial charge in [0.2, 0.25) is 0 Å². The zero-order chi connectivity index (χ0) is 17.4. The van der Waals surface area contributed by atoms with Crippen molar-refractivity contribution in [3.63, 3.8) is 0 Å². The molecule has 0 bridgehead atoms. The number of carbonyl (C=O) groups excluding carboxylic acids is 1. The smallest absolute Gasteiger partial charge is 0.407 e. The first-order chi connectivity index (χ1) is 9.93. The van der Waals surface area contributed by atoms with Gasteiger partial charge in [-0.2, -0.15) is 13.2 Å². The van der Waals surface area contributed by atoms with Gasteiger partial charge in [0, 0.05) is 25.0 Å².